The van der Waals surface area contributed by atoms with Gasteiger partial charge in [0.25, 0.3) is 0 Å². The molecule has 0 saturated heterocycles. The van der Waals surface area contributed by atoms with Gasteiger partial charge >= 0.3 is 0 Å². The molecule has 108 valence electrons. The molecule has 0 bridgehead atoms. The minimum Gasteiger partial charge on any atom is -0.375 e. The van der Waals surface area contributed by atoms with Gasteiger partial charge in [0.2, 0.25) is 0 Å². The highest BCUT2D eigenvalue weighted by Crippen LogP contribution is 2.07. The van der Waals surface area contributed by atoms with Gasteiger partial charge in [-0.05, 0) is 23.8 Å². The first kappa shape index (κ1) is 16.4. The van der Waals surface area contributed by atoms with Crippen LogP contribution in [-0.4, -0.2) is 13.2 Å². The molecule has 0 spiro atoms. The predicted octanol–water partition coefficient (Wildman–Crippen LogP) is 3.38. The van der Waals surface area contributed by atoms with Crippen LogP contribution >= 0.6 is 12.4 Å². The average Bonchev–Trinajstić information content (AvgIpc) is 2.44. The molecule has 2 aromatic rings. The van der Waals surface area contributed by atoms with Gasteiger partial charge in [0.15, 0.2) is 0 Å². The van der Waals surface area contributed by atoms with E-state index in [1.807, 2.05) is 30.3 Å². The number of rotatable bonds is 7. The molecule has 0 saturated carbocycles. The first-order valence-electron chi connectivity index (χ1n) is 6.21. The lowest BCUT2D eigenvalue weighted by Crippen LogP contribution is -2.25. The number of hydrogen-bond acceptors (Lipinski definition) is 3. The summed E-state index contributed by atoms with van der Waals surface area (Å²) in [6.07, 6.45) is 0. The summed E-state index contributed by atoms with van der Waals surface area (Å²) in [6, 6.07) is 16.3. The van der Waals surface area contributed by atoms with Gasteiger partial charge in [-0.2, -0.15) is 0 Å². The zero-order valence-corrected chi connectivity index (χ0v) is 11.8. The Kier molecular flexibility index (Phi) is 7.65. The molecule has 2 rings (SSSR count). The Labute approximate surface area is 124 Å². The SMILES string of the molecule is Cl.Fc1cccc(NNCCOCc2ccccc2)c1. The van der Waals surface area contributed by atoms with E-state index in [2.05, 4.69) is 10.9 Å². The van der Waals surface area contributed by atoms with Crippen molar-refractivity contribution >= 4 is 18.1 Å². The van der Waals surface area contributed by atoms with Crippen molar-refractivity contribution < 1.29 is 9.13 Å². The highest BCUT2D eigenvalue weighted by atomic mass is 35.5. The van der Waals surface area contributed by atoms with Crippen LogP contribution in [0.2, 0.25) is 0 Å². The molecule has 2 aromatic carbocycles. The van der Waals surface area contributed by atoms with Crippen LogP contribution in [0.15, 0.2) is 54.6 Å². The van der Waals surface area contributed by atoms with E-state index in [0.29, 0.717) is 25.4 Å². The van der Waals surface area contributed by atoms with E-state index in [-0.39, 0.29) is 18.2 Å². The van der Waals surface area contributed by atoms with Crippen LogP contribution in [0, 0.1) is 5.82 Å². The van der Waals surface area contributed by atoms with Gasteiger partial charge in [0, 0.05) is 6.54 Å². The van der Waals surface area contributed by atoms with Crippen molar-refractivity contribution in [3.63, 3.8) is 0 Å². The van der Waals surface area contributed by atoms with E-state index < -0.39 is 0 Å². The highest BCUT2D eigenvalue weighted by Gasteiger charge is 1.94. The maximum absolute atomic E-state index is 12.9. The summed E-state index contributed by atoms with van der Waals surface area (Å²) in [5.74, 6) is -0.257. The Morgan fingerprint density at radius 1 is 1.00 bits per heavy atom. The minimum atomic E-state index is -0.257. The molecule has 0 aromatic heterocycles. The molecule has 0 fully saturated rings. The fraction of sp³-hybridized carbons (Fsp3) is 0.200. The Morgan fingerprint density at radius 3 is 2.55 bits per heavy atom. The minimum absolute atomic E-state index is 0. The van der Waals surface area contributed by atoms with Crippen molar-refractivity contribution in [2.45, 2.75) is 6.61 Å². The van der Waals surface area contributed by atoms with Crippen LogP contribution in [0.1, 0.15) is 5.56 Å². The summed E-state index contributed by atoms with van der Waals surface area (Å²) < 4.78 is 18.4. The highest BCUT2D eigenvalue weighted by molar-refractivity contribution is 5.85. The molecule has 0 aliphatic heterocycles. The van der Waals surface area contributed by atoms with Crippen LogP contribution in [0.5, 0.6) is 0 Å². The number of ether oxygens (including phenoxy) is 1. The van der Waals surface area contributed by atoms with E-state index >= 15 is 0 Å². The van der Waals surface area contributed by atoms with Gasteiger partial charge in [-0.3, -0.25) is 0 Å². The standard InChI is InChI=1S/C15H17FN2O.ClH/c16-14-7-4-8-15(11-14)18-17-9-10-19-12-13-5-2-1-3-6-13;/h1-8,11,17-18H,9-10,12H2;1H. The van der Waals surface area contributed by atoms with Crippen molar-refractivity contribution in [3.05, 3.63) is 66.0 Å². The number of halogens is 2. The molecule has 0 unspecified atom stereocenters. The summed E-state index contributed by atoms with van der Waals surface area (Å²) in [7, 11) is 0. The monoisotopic (exact) mass is 296 g/mol. The molecule has 2 N–H and O–H groups in total. The number of nitrogens with one attached hydrogen (secondary N) is 2. The summed E-state index contributed by atoms with van der Waals surface area (Å²) >= 11 is 0. The Hall–Kier alpha value is -1.62. The summed E-state index contributed by atoms with van der Waals surface area (Å²) in [4.78, 5) is 0. The Balaban J connectivity index is 0.00000200. The van der Waals surface area contributed by atoms with Gasteiger partial charge in [-0.1, -0.05) is 36.4 Å². The average molecular weight is 297 g/mol. The molecule has 0 aliphatic carbocycles. The second kappa shape index (κ2) is 9.31. The molecule has 5 heteroatoms. The van der Waals surface area contributed by atoms with Crippen LogP contribution < -0.4 is 10.9 Å². The second-order valence-electron chi connectivity index (χ2n) is 4.10. The van der Waals surface area contributed by atoms with Gasteiger partial charge in [-0.25, -0.2) is 9.82 Å². The van der Waals surface area contributed by atoms with E-state index in [0.717, 1.165) is 5.56 Å². The van der Waals surface area contributed by atoms with Crippen molar-refractivity contribution in [3.8, 4) is 0 Å². The van der Waals surface area contributed by atoms with Crippen molar-refractivity contribution in [1.29, 1.82) is 0 Å². The number of anilines is 1. The predicted molar refractivity (Wildman–Crippen MR) is 81.4 cm³/mol. The molecule has 0 amide bonds. The van der Waals surface area contributed by atoms with E-state index in [1.165, 1.54) is 12.1 Å². The van der Waals surface area contributed by atoms with Gasteiger partial charge in [0.1, 0.15) is 5.82 Å². The summed E-state index contributed by atoms with van der Waals surface area (Å²) in [5, 5.41) is 0. The maximum atomic E-state index is 12.9. The normalized spacial score (nSPS) is 9.85. The Morgan fingerprint density at radius 2 is 1.80 bits per heavy atom. The van der Waals surface area contributed by atoms with Crippen molar-refractivity contribution in [2.24, 2.45) is 0 Å². The summed E-state index contributed by atoms with van der Waals surface area (Å²) in [6.45, 7) is 1.82. The van der Waals surface area contributed by atoms with E-state index in [9.17, 15) is 4.39 Å². The van der Waals surface area contributed by atoms with Crippen LogP contribution in [0.4, 0.5) is 10.1 Å². The van der Waals surface area contributed by atoms with Crippen LogP contribution in [0.25, 0.3) is 0 Å². The fourth-order valence-corrected chi connectivity index (χ4v) is 1.62. The zero-order valence-electron chi connectivity index (χ0n) is 11.0. The van der Waals surface area contributed by atoms with Gasteiger partial charge in [-0.15, -0.1) is 12.4 Å². The third kappa shape index (κ3) is 6.02. The number of benzene rings is 2. The second-order valence-corrected chi connectivity index (χ2v) is 4.10. The lowest BCUT2D eigenvalue weighted by atomic mass is 10.2. The van der Waals surface area contributed by atoms with E-state index in [1.54, 1.807) is 12.1 Å². The van der Waals surface area contributed by atoms with E-state index in [4.69, 9.17) is 4.74 Å². The summed E-state index contributed by atoms with van der Waals surface area (Å²) in [5.41, 5.74) is 7.74. The smallest absolute Gasteiger partial charge is 0.125 e. The molecule has 20 heavy (non-hydrogen) atoms. The molecule has 0 atom stereocenters. The topological polar surface area (TPSA) is 33.3 Å². The van der Waals surface area contributed by atoms with Crippen molar-refractivity contribution in [2.75, 3.05) is 18.6 Å². The largest absolute Gasteiger partial charge is 0.375 e. The molecule has 0 aliphatic rings. The molecule has 3 nitrogen and oxygen atoms in total. The quantitative estimate of drug-likeness (QED) is 0.607. The van der Waals surface area contributed by atoms with Gasteiger partial charge < -0.3 is 10.2 Å². The molecular weight excluding hydrogens is 279 g/mol. The number of hydrazine groups is 1. The lowest BCUT2D eigenvalue weighted by molar-refractivity contribution is 0.124. The number of hydrogen-bond donors (Lipinski definition) is 2. The fourth-order valence-electron chi connectivity index (χ4n) is 1.62. The third-order valence-corrected chi connectivity index (χ3v) is 2.54. The lowest BCUT2D eigenvalue weighted by Gasteiger charge is -2.09. The molecule has 0 radical (unpaired) electrons. The van der Waals surface area contributed by atoms with Crippen LogP contribution in [0.3, 0.4) is 0 Å². The van der Waals surface area contributed by atoms with Gasteiger partial charge in [0.05, 0.1) is 18.9 Å². The maximum Gasteiger partial charge on any atom is 0.125 e. The first-order chi connectivity index (χ1) is 9.34. The third-order valence-electron chi connectivity index (χ3n) is 2.54. The van der Waals surface area contributed by atoms with Crippen LogP contribution in [-0.2, 0) is 11.3 Å². The Bertz CT molecular complexity index is 496. The molecular formula is C15H18ClFN2O. The van der Waals surface area contributed by atoms with Crippen molar-refractivity contribution in [1.82, 2.24) is 5.43 Å². The molecule has 0 heterocycles. The first-order valence-corrected chi connectivity index (χ1v) is 6.21. The zero-order chi connectivity index (χ0) is 13.3.